The van der Waals surface area contributed by atoms with Gasteiger partial charge in [-0.15, -0.1) is 0 Å². The molecule has 0 aliphatic rings. The summed E-state index contributed by atoms with van der Waals surface area (Å²) in [5.74, 6) is 0.438. The standard InChI is InChI=1S/C20H25N3O3/c1-4-23(5-2)20(25)15-10-12-16(13-11-15)21-14-19(24)22-17-8-6-7-9-18(17)26-3/h6-13,21H,4-5,14H2,1-3H3,(H,22,24). The minimum absolute atomic E-state index is 0.00969. The Morgan fingerprint density at radius 3 is 2.27 bits per heavy atom. The van der Waals surface area contributed by atoms with Gasteiger partial charge in [-0.3, -0.25) is 9.59 Å². The Morgan fingerprint density at radius 2 is 1.65 bits per heavy atom. The number of ether oxygens (including phenoxy) is 1. The first kappa shape index (κ1) is 19.3. The summed E-state index contributed by atoms with van der Waals surface area (Å²) in [6.45, 7) is 5.38. The highest BCUT2D eigenvalue weighted by molar-refractivity contribution is 5.96. The number of nitrogens with zero attached hydrogens (tertiary/aromatic N) is 1. The summed E-state index contributed by atoms with van der Waals surface area (Å²) in [5.41, 5.74) is 2.04. The van der Waals surface area contributed by atoms with Gasteiger partial charge in [0.2, 0.25) is 5.91 Å². The normalized spacial score (nSPS) is 10.1. The minimum Gasteiger partial charge on any atom is -0.495 e. The van der Waals surface area contributed by atoms with Crippen molar-refractivity contribution in [3.8, 4) is 5.75 Å². The van der Waals surface area contributed by atoms with Crippen molar-refractivity contribution in [3.63, 3.8) is 0 Å². The Balaban J connectivity index is 1.91. The van der Waals surface area contributed by atoms with Crippen LogP contribution in [0.4, 0.5) is 11.4 Å². The fourth-order valence-electron chi connectivity index (χ4n) is 2.55. The number of hydrogen-bond acceptors (Lipinski definition) is 4. The predicted molar refractivity (Wildman–Crippen MR) is 104 cm³/mol. The van der Waals surface area contributed by atoms with Crippen LogP contribution in [0.3, 0.4) is 0 Å². The third-order valence-electron chi connectivity index (χ3n) is 4.02. The Kier molecular flexibility index (Phi) is 7.02. The van der Waals surface area contributed by atoms with Crippen molar-refractivity contribution in [2.75, 3.05) is 37.4 Å². The monoisotopic (exact) mass is 355 g/mol. The smallest absolute Gasteiger partial charge is 0.253 e. The number of nitrogens with one attached hydrogen (secondary N) is 2. The maximum absolute atomic E-state index is 12.3. The van der Waals surface area contributed by atoms with E-state index < -0.39 is 0 Å². The number of benzene rings is 2. The summed E-state index contributed by atoms with van der Waals surface area (Å²) in [6.07, 6.45) is 0. The molecule has 0 aliphatic carbocycles. The van der Waals surface area contributed by atoms with E-state index >= 15 is 0 Å². The molecule has 138 valence electrons. The van der Waals surface area contributed by atoms with Crippen LogP contribution in [-0.4, -0.2) is 43.5 Å². The molecular formula is C20H25N3O3. The van der Waals surface area contributed by atoms with Gasteiger partial charge in [0.15, 0.2) is 0 Å². The quantitative estimate of drug-likeness (QED) is 0.763. The number of hydrogen-bond donors (Lipinski definition) is 2. The molecule has 2 rings (SSSR count). The molecule has 0 unspecified atom stereocenters. The third kappa shape index (κ3) is 4.99. The van der Waals surface area contributed by atoms with Gasteiger partial charge in [-0.05, 0) is 50.2 Å². The van der Waals surface area contributed by atoms with E-state index in [9.17, 15) is 9.59 Å². The molecular weight excluding hydrogens is 330 g/mol. The average Bonchev–Trinajstić information content (AvgIpc) is 2.68. The Labute approximate surface area is 154 Å². The highest BCUT2D eigenvalue weighted by Crippen LogP contribution is 2.22. The summed E-state index contributed by atoms with van der Waals surface area (Å²) in [4.78, 5) is 26.2. The molecule has 2 aromatic carbocycles. The molecule has 2 amide bonds. The first-order chi connectivity index (χ1) is 12.6. The van der Waals surface area contributed by atoms with Crippen molar-refractivity contribution in [1.29, 1.82) is 0 Å². The first-order valence-electron chi connectivity index (χ1n) is 8.65. The zero-order valence-electron chi connectivity index (χ0n) is 15.4. The Morgan fingerprint density at radius 1 is 1.00 bits per heavy atom. The van der Waals surface area contributed by atoms with Crippen LogP contribution in [0.2, 0.25) is 0 Å². The van der Waals surface area contributed by atoms with Crippen molar-refractivity contribution in [3.05, 3.63) is 54.1 Å². The van der Waals surface area contributed by atoms with E-state index in [-0.39, 0.29) is 18.4 Å². The second-order valence-electron chi connectivity index (χ2n) is 5.66. The second kappa shape index (κ2) is 9.46. The summed E-state index contributed by atoms with van der Waals surface area (Å²) < 4.78 is 5.21. The van der Waals surface area contributed by atoms with Gasteiger partial charge >= 0.3 is 0 Å². The van der Waals surface area contributed by atoms with Gasteiger partial charge in [0.05, 0.1) is 19.3 Å². The molecule has 0 aliphatic heterocycles. The van der Waals surface area contributed by atoms with Crippen LogP contribution >= 0.6 is 0 Å². The fraction of sp³-hybridized carbons (Fsp3) is 0.300. The molecule has 0 saturated heterocycles. The summed E-state index contributed by atoms with van der Waals surface area (Å²) in [5, 5.41) is 5.85. The third-order valence-corrected chi connectivity index (χ3v) is 4.02. The predicted octanol–water partition coefficient (Wildman–Crippen LogP) is 3.23. The average molecular weight is 355 g/mol. The van der Waals surface area contributed by atoms with Gasteiger partial charge in [0.1, 0.15) is 5.75 Å². The maximum atomic E-state index is 12.3. The lowest BCUT2D eigenvalue weighted by Crippen LogP contribution is -2.30. The minimum atomic E-state index is -0.183. The number of para-hydroxylation sites is 2. The van der Waals surface area contributed by atoms with E-state index in [0.29, 0.717) is 30.1 Å². The van der Waals surface area contributed by atoms with Gasteiger partial charge < -0.3 is 20.3 Å². The van der Waals surface area contributed by atoms with Crippen molar-refractivity contribution in [2.45, 2.75) is 13.8 Å². The summed E-state index contributed by atoms with van der Waals surface area (Å²) >= 11 is 0. The largest absolute Gasteiger partial charge is 0.495 e. The van der Waals surface area contributed by atoms with Crippen molar-refractivity contribution in [2.24, 2.45) is 0 Å². The molecule has 0 spiro atoms. The lowest BCUT2D eigenvalue weighted by molar-refractivity contribution is -0.114. The van der Waals surface area contributed by atoms with Crippen LogP contribution < -0.4 is 15.4 Å². The van der Waals surface area contributed by atoms with Crippen molar-refractivity contribution in [1.82, 2.24) is 4.90 Å². The van der Waals surface area contributed by atoms with Gasteiger partial charge in [-0.2, -0.15) is 0 Å². The number of carbonyl (C=O) groups excluding carboxylic acids is 2. The number of methoxy groups -OCH3 is 1. The maximum Gasteiger partial charge on any atom is 0.253 e. The Hall–Kier alpha value is -3.02. The molecule has 2 N–H and O–H groups in total. The van der Waals surface area contributed by atoms with Crippen LogP contribution in [-0.2, 0) is 4.79 Å². The number of amides is 2. The van der Waals surface area contributed by atoms with Crippen molar-refractivity contribution >= 4 is 23.2 Å². The van der Waals surface area contributed by atoms with Crippen LogP contribution in [0.5, 0.6) is 5.75 Å². The molecule has 0 bridgehead atoms. The molecule has 6 nitrogen and oxygen atoms in total. The molecule has 0 radical (unpaired) electrons. The molecule has 2 aromatic rings. The van der Waals surface area contributed by atoms with Crippen molar-refractivity contribution < 1.29 is 14.3 Å². The van der Waals surface area contributed by atoms with E-state index in [1.54, 1.807) is 48.4 Å². The van der Waals surface area contributed by atoms with Gasteiger partial charge in [-0.25, -0.2) is 0 Å². The van der Waals surface area contributed by atoms with Gasteiger partial charge in [0, 0.05) is 24.3 Å². The molecule has 0 atom stereocenters. The number of anilines is 2. The SMILES string of the molecule is CCN(CC)C(=O)c1ccc(NCC(=O)Nc2ccccc2OC)cc1. The van der Waals surface area contributed by atoms with Crippen LogP contribution in [0.25, 0.3) is 0 Å². The van der Waals surface area contributed by atoms with E-state index in [0.717, 1.165) is 5.69 Å². The molecule has 6 heteroatoms. The number of carbonyl (C=O) groups is 2. The van der Waals surface area contributed by atoms with E-state index in [1.165, 1.54) is 0 Å². The van der Waals surface area contributed by atoms with E-state index in [4.69, 9.17) is 4.74 Å². The van der Waals surface area contributed by atoms with Gasteiger partial charge in [0.25, 0.3) is 5.91 Å². The molecule has 26 heavy (non-hydrogen) atoms. The van der Waals surface area contributed by atoms with Crippen LogP contribution in [0.1, 0.15) is 24.2 Å². The van der Waals surface area contributed by atoms with Gasteiger partial charge in [-0.1, -0.05) is 12.1 Å². The molecule has 0 aromatic heterocycles. The first-order valence-corrected chi connectivity index (χ1v) is 8.65. The molecule has 0 heterocycles. The van der Waals surface area contributed by atoms with E-state index in [1.807, 2.05) is 26.0 Å². The highest BCUT2D eigenvalue weighted by atomic mass is 16.5. The lowest BCUT2D eigenvalue weighted by Gasteiger charge is -2.18. The zero-order chi connectivity index (χ0) is 18.9. The van der Waals surface area contributed by atoms with Crippen LogP contribution in [0, 0.1) is 0 Å². The molecule has 0 fully saturated rings. The second-order valence-corrected chi connectivity index (χ2v) is 5.66. The molecule has 0 saturated carbocycles. The lowest BCUT2D eigenvalue weighted by atomic mass is 10.1. The van der Waals surface area contributed by atoms with E-state index in [2.05, 4.69) is 10.6 Å². The topological polar surface area (TPSA) is 70.7 Å². The highest BCUT2D eigenvalue weighted by Gasteiger charge is 2.12. The Bertz CT molecular complexity index is 740. The summed E-state index contributed by atoms with van der Waals surface area (Å²) in [6, 6.07) is 14.4. The zero-order valence-corrected chi connectivity index (χ0v) is 15.4. The van der Waals surface area contributed by atoms with Crippen LogP contribution in [0.15, 0.2) is 48.5 Å². The fourth-order valence-corrected chi connectivity index (χ4v) is 2.55. The summed E-state index contributed by atoms with van der Waals surface area (Å²) in [7, 11) is 1.56. The number of rotatable bonds is 8.